The molecular formula is C22H26O5. The van der Waals surface area contributed by atoms with Crippen LogP contribution in [0.25, 0.3) is 0 Å². The number of aryl methyl sites for hydroxylation is 1. The second-order valence-corrected chi connectivity index (χ2v) is 7.15. The van der Waals surface area contributed by atoms with Crippen LogP contribution in [0.1, 0.15) is 53.7 Å². The average Bonchev–Trinajstić information content (AvgIpc) is 2.72. The van der Waals surface area contributed by atoms with Crippen LogP contribution in [-0.2, 0) is 12.8 Å². The number of aliphatic hydroxyl groups excluding tert-OH is 1. The molecule has 2 atom stereocenters. The van der Waals surface area contributed by atoms with E-state index >= 15 is 0 Å². The second-order valence-electron chi connectivity index (χ2n) is 7.15. The first kappa shape index (κ1) is 18.0. The molecule has 4 rings (SSSR count). The first-order chi connectivity index (χ1) is 13.2. The molecule has 1 N–H and O–H groups in total. The fourth-order valence-corrected chi connectivity index (χ4v) is 4.23. The SMILES string of the molecule is COc1cc([C@@H]2CC(O)c3ccc4c(c3O2)CCCC4)cc(OC)c1OC. The van der Waals surface area contributed by atoms with Crippen LogP contribution in [0, 0.1) is 0 Å². The van der Waals surface area contributed by atoms with Gasteiger partial charge in [0.1, 0.15) is 11.9 Å². The predicted octanol–water partition coefficient (Wildman–Crippen LogP) is 4.15. The van der Waals surface area contributed by atoms with Crippen molar-refractivity contribution in [1.29, 1.82) is 0 Å². The van der Waals surface area contributed by atoms with E-state index in [4.69, 9.17) is 18.9 Å². The summed E-state index contributed by atoms with van der Waals surface area (Å²) >= 11 is 0. The van der Waals surface area contributed by atoms with Gasteiger partial charge < -0.3 is 24.1 Å². The first-order valence-electron chi connectivity index (χ1n) is 9.45. The molecule has 0 amide bonds. The Morgan fingerprint density at radius 2 is 1.67 bits per heavy atom. The Kier molecular flexibility index (Phi) is 4.87. The van der Waals surface area contributed by atoms with E-state index in [1.807, 2.05) is 18.2 Å². The van der Waals surface area contributed by atoms with E-state index < -0.39 is 6.10 Å². The molecular weight excluding hydrogens is 344 g/mol. The smallest absolute Gasteiger partial charge is 0.203 e. The molecule has 5 heteroatoms. The number of fused-ring (bicyclic) bond motifs is 3. The molecule has 5 nitrogen and oxygen atoms in total. The highest BCUT2D eigenvalue weighted by molar-refractivity contribution is 5.55. The van der Waals surface area contributed by atoms with Crippen molar-refractivity contribution in [2.45, 2.75) is 44.3 Å². The summed E-state index contributed by atoms with van der Waals surface area (Å²) in [5, 5.41) is 10.8. The molecule has 0 aromatic heterocycles. The summed E-state index contributed by atoms with van der Waals surface area (Å²) in [6.07, 6.45) is 4.14. The third-order valence-electron chi connectivity index (χ3n) is 5.63. The van der Waals surface area contributed by atoms with Gasteiger partial charge in [-0.15, -0.1) is 0 Å². The lowest BCUT2D eigenvalue weighted by Gasteiger charge is -2.33. The minimum atomic E-state index is -0.551. The van der Waals surface area contributed by atoms with Crippen molar-refractivity contribution in [3.05, 3.63) is 46.5 Å². The van der Waals surface area contributed by atoms with Crippen molar-refractivity contribution >= 4 is 0 Å². The average molecular weight is 370 g/mol. The molecule has 0 radical (unpaired) electrons. The van der Waals surface area contributed by atoms with E-state index in [1.54, 1.807) is 21.3 Å². The summed E-state index contributed by atoms with van der Waals surface area (Å²) in [6, 6.07) is 7.98. The summed E-state index contributed by atoms with van der Waals surface area (Å²) in [5.74, 6) is 2.60. The van der Waals surface area contributed by atoms with Crippen LogP contribution < -0.4 is 18.9 Å². The fraction of sp³-hybridized carbons (Fsp3) is 0.455. The van der Waals surface area contributed by atoms with Crippen molar-refractivity contribution < 1.29 is 24.1 Å². The van der Waals surface area contributed by atoms with Crippen molar-refractivity contribution in [3.63, 3.8) is 0 Å². The number of benzene rings is 2. The van der Waals surface area contributed by atoms with Crippen molar-refractivity contribution in [2.24, 2.45) is 0 Å². The van der Waals surface area contributed by atoms with Gasteiger partial charge in [-0.3, -0.25) is 0 Å². The van der Waals surface area contributed by atoms with Crippen LogP contribution in [0.4, 0.5) is 0 Å². The Hall–Kier alpha value is -2.40. The molecule has 0 bridgehead atoms. The summed E-state index contributed by atoms with van der Waals surface area (Å²) in [4.78, 5) is 0. The van der Waals surface area contributed by atoms with Gasteiger partial charge in [-0.2, -0.15) is 0 Å². The number of rotatable bonds is 4. The van der Waals surface area contributed by atoms with Gasteiger partial charge in [0.2, 0.25) is 5.75 Å². The van der Waals surface area contributed by atoms with Crippen molar-refractivity contribution in [3.8, 4) is 23.0 Å². The Morgan fingerprint density at radius 1 is 0.963 bits per heavy atom. The van der Waals surface area contributed by atoms with Gasteiger partial charge in [-0.05, 0) is 48.9 Å². The maximum absolute atomic E-state index is 10.8. The van der Waals surface area contributed by atoms with E-state index in [2.05, 4.69) is 6.07 Å². The topological polar surface area (TPSA) is 57.2 Å². The summed E-state index contributed by atoms with van der Waals surface area (Å²) in [6.45, 7) is 0. The molecule has 1 heterocycles. The van der Waals surface area contributed by atoms with E-state index in [0.717, 1.165) is 36.1 Å². The third kappa shape index (κ3) is 3.10. The lowest BCUT2D eigenvalue weighted by atomic mass is 9.85. The summed E-state index contributed by atoms with van der Waals surface area (Å²) in [5.41, 5.74) is 4.41. The number of hydrogen-bond acceptors (Lipinski definition) is 5. The second kappa shape index (κ2) is 7.31. The van der Waals surface area contributed by atoms with Crippen molar-refractivity contribution in [2.75, 3.05) is 21.3 Å². The molecule has 144 valence electrons. The number of hydrogen-bond donors (Lipinski definition) is 1. The van der Waals surface area contributed by atoms with Crippen LogP contribution in [0.3, 0.4) is 0 Å². The molecule has 2 aromatic carbocycles. The largest absolute Gasteiger partial charge is 0.493 e. The molecule has 1 aliphatic carbocycles. The normalized spacial score (nSPS) is 20.9. The van der Waals surface area contributed by atoms with Crippen molar-refractivity contribution in [1.82, 2.24) is 0 Å². The predicted molar refractivity (Wildman–Crippen MR) is 102 cm³/mol. The quantitative estimate of drug-likeness (QED) is 0.876. The standard InChI is InChI=1S/C22H26O5/c1-24-19-10-14(11-20(25-2)22(19)26-3)18-12-17(23)16-9-8-13-6-4-5-7-15(13)21(16)27-18/h8-11,17-18,23H,4-7,12H2,1-3H3/t17?,18-/m0/s1. The highest BCUT2D eigenvalue weighted by Gasteiger charge is 2.32. The maximum Gasteiger partial charge on any atom is 0.203 e. The lowest BCUT2D eigenvalue weighted by Crippen LogP contribution is -2.21. The number of methoxy groups -OCH3 is 3. The summed E-state index contributed by atoms with van der Waals surface area (Å²) in [7, 11) is 4.79. The first-order valence-corrected chi connectivity index (χ1v) is 9.45. The molecule has 0 saturated carbocycles. The lowest BCUT2D eigenvalue weighted by molar-refractivity contribution is 0.0643. The molecule has 1 aliphatic heterocycles. The molecule has 1 unspecified atom stereocenters. The zero-order valence-corrected chi connectivity index (χ0v) is 16.1. The van der Waals surface area contributed by atoms with Gasteiger partial charge in [-0.25, -0.2) is 0 Å². The monoisotopic (exact) mass is 370 g/mol. The Bertz CT molecular complexity index is 820. The molecule has 0 saturated heterocycles. The number of ether oxygens (including phenoxy) is 4. The molecule has 27 heavy (non-hydrogen) atoms. The molecule has 2 aliphatic rings. The molecule has 2 aromatic rings. The van der Waals surface area contributed by atoms with E-state index in [1.165, 1.54) is 17.5 Å². The van der Waals surface area contributed by atoms with Crippen LogP contribution in [0.2, 0.25) is 0 Å². The third-order valence-corrected chi connectivity index (χ3v) is 5.63. The van der Waals surface area contributed by atoms with Gasteiger partial charge >= 0.3 is 0 Å². The highest BCUT2D eigenvalue weighted by atomic mass is 16.5. The Balaban J connectivity index is 1.75. The van der Waals surface area contributed by atoms with Crippen LogP contribution in [0.5, 0.6) is 23.0 Å². The highest BCUT2D eigenvalue weighted by Crippen LogP contribution is 2.47. The minimum absolute atomic E-state index is 0.269. The van der Waals surface area contributed by atoms with E-state index in [0.29, 0.717) is 23.7 Å². The van der Waals surface area contributed by atoms with Gasteiger partial charge in [-0.1, -0.05) is 12.1 Å². The zero-order chi connectivity index (χ0) is 19.0. The Labute approximate surface area is 159 Å². The maximum atomic E-state index is 10.8. The number of aliphatic hydroxyl groups is 1. The van der Waals surface area contributed by atoms with Gasteiger partial charge in [0.15, 0.2) is 11.5 Å². The summed E-state index contributed by atoms with van der Waals surface area (Å²) < 4.78 is 22.8. The Morgan fingerprint density at radius 3 is 2.33 bits per heavy atom. The molecule has 0 fully saturated rings. The van der Waals surface area contributed by atoms with E-state index in [9.17, 15) is 5.11 Å². The fourth-order valence-electron chi connectivity index (χ4n) is 4.23. The van der Waals surface area contributed by atoms with Crippen LogP contribution in [-0.4, -0.2) is 26.4 Å². The van der Waals surface area contributed by atoms with Gasteiger partial charge in [0, 0.05) is 17.5 Å². The zero-order valence-electron chi connectivity index (χ0n) is 16.1. The van der Waals surface area contributed by atoms with Gasteiger partial charge in [0.25, 0.3) is 0 Å². The minimum Gasteiger partial charge on any atom is -0.493 e. The van der Waals surface area contributed by atoms with E-state index in [-0.39, 0.29) is 6.10 Å². The van der Waals surface area contributed by atoms with Crippen LogP contribution in [0.15, 0.2) is 24.3 Å². The van der Waals surface area contributed by atoms with Gasteiger partial charge in [0.05, 0.1) is 27.4 Å². The molecule has 0 spiro atoms. The van der Waals surface area contributed by atoms with Crippen LogP contribution >= 0.6 is 0 Å².